The Hall–Kier alpha value is -1.70. The third-order valence-electron chi connectivity index (χ3n) is 2.27. The van der Waals surface area contributed by atoms with Crippen molar-refractivity contribution in [3.8, 4) is 0 Å². The number of anilines is 1. The summed E-state index contributed by atoms with van der Waals surface area (Å²) in [5.41, 5.74) is 0. The Morgan fingerprint density at radius 1 is 1.71 bits per heavy atom. The van der Waals surface area contributed by atoms with Crippen molar-refractivity contribution in [3.05, 3.63) is 16.3 Å². The van der Waals surface area contributed by atoms with Gasteiger partial charge in [-0.05, 0) is 17.3 Å². The van der Waals surface area contributed by atoms with Crippen LogP contribution < -0.4 is 5.32 Å². The summed E-state index contributed by atoms with van der Waals surface area (Å²) in [6.45, 7) is 3.83. The van der Waals surface area contributed by atoms with Gasteiger partial charge in [-0.2, -0.15) is 0 Å². The highest BCUT2D eigenvalue weighted by atomic mass is 32.1. The molecule has 94 valence electrons. The number of rotatable bonds is 6. The number of nitrogens with one attached hydrogen (secondary N) is 1. The second-order valence-corrected chi connectivity index (χ2v) is 4.84. The van der Waals surface area contributed by atoms with Crippen LogP contribution in [-0.4, -0.2) is 27.5 Å². The van der Waals surface area contributed by atoms with Crippen LogP contribution in [0.5, 0.6) is 0 Å². The van der Waals surface area contributed by atoms with Gasteiger partial charge in [-0.25, -0.2) is 4.98 Å². The molecule has 7 nitrogen and oxygen atoms in total. The highest BCUT2D eigenvalue weighted by molar-refractivity contribution is 7.18. The van der Waals surface area contributed by atoms with E-state index in [-0.39, 0.29) is 17.5 Å². The van der Waals surface area contributed by atoms with Crippen LogP contribution in [0.2, 0.25) is 0 Å². The number of nitro groups is 1. The number of thiazole rings is 1. The van der Waals surface area contributed by atoms with Crippen LogP contribution in [-0.2, 0) is 4.79 Å². The molecule has 0 aromatic carbocycles. The summed E-state index contributed by atoms with van der Waals surface area (Å²) in [4.78, 5) is 24.6. The summed E-state index contributed by atoms with van der Waals surface area (Å²) in [6.07, 6.45) is 1.15. The zero-order valence-electron chi connectivity index (χ0n) is 9.41. The summed E-state index contributed by atoms with van der Waals surface area (Å²) in [5, 5.41) is 22.5. The Morgan fingerprint density at radius 3 is 2.76 bits per heavy atom. The largest absolute Gasteiger partial charge is 0.481 e. The topological polar surface area (TPSA) is 105 Å². The fourth-order valence-electron chi connectivity index (χ4n) is 1.24. The van der Waals surface area contributed by atoms with E-state index >= 15 is 0 Å². The molecule has 0 radical (unpaired) electrons. The van der Waals surface area contributed by atoms with Gasteiger partial charge in [0.25, 0.3) is 0 Å². The van der Waals surface area contributed by atoms with Gasteiger partial charge in [0.2, 0.25) is 0 Å². The Bertz CT molecular complexity index is 418. The predicted molar refractivity (Wildman–Crippen MR) is 63.2 cm³/mol. The molecule has 0 aliphatic rings. The van der Waals surface area contributed by atoms with Gasteiger partial charge < -0.3 is 10.4 Å². The van der Waals surface area contributed by atoms with E-state index in [2.05, 4.69) is 10.3 Å². The molecule has 1 aromatic heterocycles. The van der Waals surface area contributed by atoms with Crippen LogP contribution in [0.4, 0.5) is 10.1 Å². The number of nitrogens with zero attached hydrogens (tertiary/aromatic N) is 2. The SMILES string of the molecule is CC(C)C(CNc1ncc([N+](=O)[O-])s1)C(=O)O. The van der Waals surface area contributed by atoms with E-state index in [9.17, 15) is 14.9 Å². The second kappa shape index (κ2) is 5.58. The molecule has 0 saturated carbocycles. The number of hydrogen-bond donors (Lipinski definition) is 2. The molecule has 0 amide bonds. The first-order valence-electron chi connectivity index (χ1n) is 4.98. The summed E-state index contributed by atoms with van der Waals surface area (Å²) in [7, 11) is 0. The first kappa shape index (κ1) is 13.4. The molecule has 1 rings (SSSR count). The van der Waals surface area contributed by atoms with E-state index in [0.717, 1.165) is 17.5 Å². The fraction of sp³-hybridized carbons (Fsp3) is 0.556. The predicted octanol–water partition coefficient (Wildman–Crippen LogP) is 1.82. The first-order valence-corrected chi connectivity index (χ1v) is 5.80. The van der Waals surface area contributed by atoms with E-state index in [1.807, 2.05) is 13.8 Å². The molecule has 1 heterocycles. The Kier molecular flexibility index (Phi) is 4.38. The molecule has 17 heavy (non-hydrogen) atoms. The van der Waals surface area contributed by atoms with Gasteiger partial charge >= 0.3 is 11.0 Å². The summed E-state index contributed by atoms with van der Waals surface area (Å²) in [6, 6.07) is 0. The molecule has 0 bridgehead atoms. The molecule has 0 aliphatic heterocycles. The Balaban J connectivity index is 2.59. The molecular weight excluding hydrogens is 246 g/mol. The van der Waals surface area contributed by atoms with Gasteiger partial charge in [0.15, 0.2) is 5.13 Å². The smallest absolute Gasteiger partial charge is 0.345 e. The van der Waals surface area contributed by atoms with E-state index in [4.69, 9.17) is 5.11 Å². The average Bonchev–Trinajstić information content (AvgIpc) is 2.65. The highest BCUT2D eigenvalue weighted by Crippen LogP contribution is 2.25. The molecule has 0 fully saturated rings. The molecule has 0 saturated heterocycles. The Labute approximate surface area is 102 Å². The van der Waals surface area contributed by atoms with Crippen molar-refractivity contribution < 1.29 is 14.8 Å². The fourth-order valence-corrected chi connectivity index (χ4v) is 1.88. The lowest BCUT2D eigenvalue weighted by molar-refractivity contribution is -0.380. The molecule has 1 aromatic rings. The molecule has 0 aliphatic carbocycles. The number of carboxylic acid groups (broad SMARTS) is 1. The number of aliphatic carboxylic acids is 1. The Morgan fingerprint density at radius 2 is 2.35 bits per heavy atom. The van der Waals surface area contributed by atoms with Gasteiger partial charge in [-0.15, -0.1) is 0 Å². The third-order valence-corrected chi connectivity index (χ3v) is 3.18. The summed E-state index contributed by atoms with van der Waals surface area (Å²) in [5.74, 6) is -1.45. The van der Waals surface area contributed by atoms with Gasteiger partial charge in [0, 0.05) is 6.54 Å². The third kappa shape index (κ3) is 3.66. The lowest BCUT2D eigenvalue weighted by atomic mass is 9.96. The van der Waals surface area contributed by atoms with Crippen molar-refractivity contribution in [2.45, 2.75) is 13.8 Å². The van der Waals surface area contributed by atoms with E-state index in [1.165, 1.54) is 0 Å². The van der Waals surface area contributed by atoms with Gasteiger partial charge in [-0.3, -0.25) is 14.9 Å². The van der Waals surface area contributed by atoms with Crippen molar-refractivity contribution in [1.29, 1.82) is 0 Å². The van der Waals surface area contributed by atoms with Gasteiger partial charge in [0.1, 0.15) is 6.20 Å². The normalized spacial score (nSPS) is 12.4. The van der Waals surface area contributed by atoms with Crippen molar-refractivity contribution in [2.75, 3.05) is 11.9 Å². The van der Waals surface area contributed by atoms with Crippen LogP contribution in [0.25, 0.3) is 0 Å². The van der Waals surface area contributed by atoms with E-state index in [0.29, 0.717) is 5.13 Å². The minimum absolute atomic E-state index is 0.0186. The monoisotopic (exact) mass is 259 g/mol. The zero-order valence-corrected chi connectivity index (χ0v) is 10.2. The minimum Gasteiger partial charge on any atom is -0.481 e. The maximum atomic E-state index is 10.9. The van der Waals surface area contributed by atoms with Crippen LogP contribution in [0.15, 0.2) is 6.20 Å². The number of carbonyl (C=O) groups is 1. The molecule has 1 unspecified atom stereocenters. The van der Waals surface area contributed by atoms with Crippen molar-refractivity contribution in [1.82, 2.24) is 4.98 Å². The standard InChI is InChI=1S/C9H13N3O4S/c1-5(2)6(8(13)14)3-10-9-11-4-7(17-9)12(15)16/h4-6H,3H2,1-2H3,(H,10,11)(H,13,14). The van der Waals surface area contributed by atoms with Gasteiger partial charge in [0.05, 0.1) is 10.8 Å². The molecule has 2 N–H and O–H groups in total. The van der Waals surface area contributed by atoms with Crippen LogP contribution in [0.1, 0.15) is 13.8 Å². The summed E-state index contributed by atoms with van der Waals surface area (Å²) < 4.78 is 0. The highest BCUT2D eigenvalue weighted by Gasteiger charge is 2.22. The maximum absolute atomic E-state index is 10.9. The average molecular weight is 259 g/mol. The molecule has 0 spiro atoms. The van der Waals surface area contributed by atoms with E-state index < -0.39 is 16.8 Å². The lowest BCUT2D eigenvalue weighted by Crippen LogP contribution is -2.27. The molecule has 1 atom stereocenters. The quantitative estimate of drug-likeness (QED) is 0.596. The first-order chi connectivity index (χ1) is 7.91. The van der Waals surface area contributed by atoms with Crippen LogP contribution >= 0.6 is 11.3 Å². The molecular formula is C9H13N3O4S. The summed E-state index contributed by atoms with van der Waals surface area (Å²) >= 11 is 0.892. The maximum Gasteiger partial charge on any atom is 0.345 e. The molecule has 8 heteroatoms. The number of aromatic nitrogens is 1. The zero-order chi connectivity index (χ0) is 13.0. The lowest BCUT2D eigenvalue weighted by Gasteiger charge is -2.15. The minimum atomic E-state index is -0.890. The van der Waals surface area contributed by atoms with Crippen molar-refractivity contribution in [2.24, 2.45) is 11.8 Å². The van der Waals surface area contributed by atoms with Crippen molar-refractivity contribution >= 4 is 27.4 Å². The number of hydrogen-bond acceptors (Lipinski definition) is 6. The van der Waals surface area contributed by atoms with E-state index in [1.54, 1.807) is 0 Å². The van der Waals surface area contributed by atoms with Crippen LogP contribution in [0.3, 0.4) is 0 Å². The van der Waals surface area contributed by atoms with Crippen LogP contribution in [0, 0.1) is 22.0 Å². The van der Waals surface area contributed by atoms with Crippen molar-refractivity contribution in [3.63, 3.8) is 0 Å². The second-order valence-electron chi connectivity index (χ2n) is 3.83. The van der Waals surface area contributed by atoms with Gasteiger partial charge in [-0.1, -0.05) is 13.8 Å². The number of carboxylic acids is 1.